The lowest BCUT2D eigenvalue weighted by Crippen LogP contribution is -2.29. The minimum absolute atomic E-state index is 0.0342. The first-order valence-corrected chi connectivity index (χ1v) is 7.86. The fraction of sp³-hybridized carbons (Fsp3) is 0.316. The molecule has 2 aromatic carbocycles. The van der Waals surface area contributed by atoms with Crippen molar-refractivity contribution in [1.29, 1.82) is 0 Å². The van der Waals surface area contributed by atoms with Gasteiger partial charge in [0.05, 0.1) is 12.6 Å². The van der Waals surface area contributed by atoms with Gasteiger partial charge in [-0.2, -0.15) is 0 Å². The maximum atomic E-state index is 11.9. The third-order valence-electron chi connectivity index (χ3n) is 3.29. The van der Waals surface area contributed by atoms with Crippen LogP contribution in [0.25, 0.3) is 0 Å². The number of anilines is 1. The van der Waals surface area contributed by atoms with Crippen molar-refractivity contribution in [3.05, 3.63) is 59.7 Å². The summed E-state index contributed by atoms with van der Waals surface area (Å²) >= 11 is 0. The van der Waals surface area contributed by atoms with Crippen molar-refractivity contribution in [1.82, 2.24) is 5.32 Å². The van der Waals surface area contributed by atoms with Crippen molar-refractivity contribution < 1.29 is 9.53 Å². The smallest absolute Gasteiger partial charge is 0.239 e. The monoisotopic (exact) mass is 312 g/mol. The number of amides is 1. The molecule has 122 valence electrons. The Hall–Kier alpha value is -2.49. The van der Waals surface area contributed by atoms with Crippen molar-refractivity contribution in [2.24, 2.45) is 0 Å². The summed E-state index contributed by atoms with van der Waals surface area (Å²) < 4.78 is 5.59. The Kier molecular flexibility index (Phi) is 6.03. The van der Waals surface area contributed by atoms with Crippen LogP contribution in [0.1, 0.15) is 25.0 Å². The van der Waals surface area contributed by atoms with E-state index in [2.05, 4.69) is 10.6 Å². The molecular weight excluding hydrogens is 288 g/mol. The Morgan fingerprint density at radius 3 is 2.30 bits per heavy atom. The second-order valence-corrected chi connectivity index (χ2v) is 5.81. The van der Waals surface area contributed by atoms with Crippen LogP contribution in [0.4, 0.5) is 5.69 Å². The van der Waals surface area contributed by atoms with Crippen LogP contribution in [0.2, 0.25) is 0 Å². The zero-order valence-electron chi connectivity index (χ0n) is 13.9. The zero-order chi connectivity index (χ0) is 16.7. The number of ether oxygens (including phenoxy) is 1. The molecule has 0 spiro atoms. The number of nitrogens with one attached hydrogen (secondary N) is 2. The van der Waals surface area contributed by atoms with Gasteiger partial charge in [-0.1, -0.05) is 29.8 Å². The molecule has 2 rings (SSSR count). The standard InChI is InChI=1S/C19H24N2O2/c1-14(2)23-18-10-6-16(7-11-18)12-21-19(22)13-20-17-8-4-15(3)5-9-17/h4-11,14,20H,12-13H2,1-3H3,(H,21,22). The van der Waals surface area contributed by atoms with E-state index in [0.717, 1.165) is 17.0 Å². The van der Waals surface area contributed by atoms with Crippen LogP contribution in [-0.2, 0) is 11.3 Å². The molecule has 2 aromatic rings. The molecule has 0 radical (unpaired) electrons. The van der Waals surface area contributed by atoms with Crippen molar-refractivity contribution in [2.75, 3.05) is 11.9 Å². The van der Waals surface area contributed by atoms with Gasteiger partial charge in [-0.25, -0.2) is 0 Å². The van der Waals surface area contributed by atoms with Crippen LogP contribution in [0, 0.1) is 6.92 Å². The predicted molar refractivity (Wildman–Crippen MR) is 93.7 cm³/mol. The third-order valence-corrected chi connectivity index (χ3v) is 3.29. The lowest BCUT2D eigenvalue weighted by Gasteiger charge is -2.11. The van der Waals surface area contributed by atoms with Crippen LogP contribution in [0.15, 0.2) is 48.5 Å². The number of carbonyl (C=O) groups is 1. The van der Waals surface area contributed by atoms with Gasteiger partial charge >= 0.3 is 0 Å². The topological polar surface area (TPSA) is 50.4 Å². The maximum Gasteiger partial charge on any atom is 0.239 e. The Balaban J connectivity index is 1.74. The van der Waals surface area contributed by atoms with Gasteiger partial charge in [0, 0.05) is 12.2 Å². The molecule has 0 saturated carbocycles. The zero-order valence-corrected chi connectivity index (χ0v) is 13.9. The van der Waals surface area contributed by atoms with Gasteiger partial charge in [-0.15, -0.1) is 0 Å². The molecule has 0 saturated heterocycles. The molecule has 4 heteroatoms. The highest BCUT2D eigenvalue weighted by atomic mass is 16.5. The van der Waals surface area contributed by atoms with Gasteiger partial charge in [0.1, 0.15) is 5.75 Å². The molecule has 0 fully saturated rings. The number of hydrogen-bond acceptors (Lipinski definition) is 3. The minimum atomic E-state index is -0.0342. The third kappa shape index (κ3) is 6.02. The van der Waals surface area contributed by atoms with E-state index < -0.39 is 0 Å². The van der Waals surface area contributed by atoms with Crippen molar-refractivity contribution >= 4 is 11.6 Å². The van der Waals surface area contributed by atoms with E-state index in [1.54, 1.807) is 0 Å². The lowest BCUT2D eigenvalue weighted by molar-refractivity contribution is -0.119. The van der Waals surface area contributed by atoms with E-state index in [9.17, 15) is 4.79 Å². The van der Waals surface area contributed by atoms with Gasteiger partial charge < -0.3 is 15.4 Å². The van der Waals surface area contributed by atoms with Crippen LogP contribution in [0.3, 0.4) is 0 Å². The normalized spacial score (nSPS) is 10.4. The number of carbonyl (C=O) groups excluding carboxylic acids is 1. The maximum absolute atomic E-state index is 11.9. The van der Waals surface area contributed by atoms with E-state index in [0.29, 0.717) is 6.54 Å². The first-order valence-electron chi connectivity index (χ1n) is 7.86. The number of aryl methyl sites for hydroxylation is 1. The molecule has 23 heavy (non-hydrogen) atoms. The van der Waals surface area contributed by atoms with E-state index in [1.165, 1.54) is 5.56 Å². The van der Waals surface area contributed by atoms with E-state index in [-0.39, 0.29) is 18.6 Å². The average Bonchev–Trinajstić information content (AvgIpc) is 2.53. The van der Waals surface area contributed by atoms with Gasteiger partial charge in [-0.3, -0.25) is 4.79 Å². The second kappa shape index (κ2) is 8.22. The predicted octanol–water partition coefficient (Wildman–Crippen LogP) is 3.51. The molecular formula is C19H24N2O2. The molecule has 0 aliphatic heterocycles. The molecule has 4 nitrogen and oxygen atoms in total. The summed E-state index contributed by atoms with van der Waals surface area (Å²) in [6.07, 6.45) is 0.161. The molecule has 0 unspecified atom stereocenters. The Labute approximate surface area is 137 Å². The van der Waals surface area contributed by atoms with Crippen molar-refractivity contribution in [3.63, 3.8) is 0 Å². The van der Waals surface area contributed by atoms with Gasteiger partial charge in [0.2, 0.25) is 5.91 Å². The minimum Gasteiger partial charge on any atom is -0.491 e. The van der Waals surface area contributed by atoms with Crippen LogP contribution in [-0.4, -0.2) is 18.6 Å². The average molecular weight is 312 g/mol. The highest BCUT2D eigenvalue weighted by Crippen LogP contribution is 2.13. The van der Waals surface area contributed by atoms with E-state index in [4.69, 9.17) is 4.74 Å². The summed E-state index contributed by atoms with van der Waals surface area (Å²) in [5.74, 6) is 0.809. The summed E-state index contributed by atoms with van der Waals surface area (Å²) in [6, 6.07) is 15.7. The molecule has 0 heterocycles. The highest BCUT2D eigenvalue weighted by Gasteiger charge is 2.02. The molecule has 0 aliphatic rings. The summed E-state index contributed by atoms with van der Waals surface area (Å²) in [4.78, 5) is 11.9. The van der Waals surface area contributed by atoms with Crippen molar-refractivity contribution in [2.45, 2.75) is 33.4 Å². The Morgan fingerprint density at radius 1 is 1.04 bits per heavy atom. The van der Waals surface area contributed by atoms with Crippen LogP contribution < -0.4 is 15.4 Å². The largest absolute Gasteiger partial charge is 0.491 e. The molecule has 0 aliphatic carbocycles. The summed E-state index contributed by atoms with van der Waals surface area (Å²) in [6.45, 7) is 6.80. The SMILES string of the molecule is Cc1ccc(NCC(=O)NCc2ccc(OC(C)C)cc2)cc1. The summed E-state index contributed by atoms with van der Waals surface area (Å²) in [7, 11) is 0. The number of rotatable bonds is 7. The molecule has 0 atom stereocenters. The quantitative estimate of drug-likeness (QED) is 0.822. The first kappa shape index (κ1) is 16.9. The number of benzene rings is 2. The van der Waals surface area contributed by atoms with Gasteiger partial charge in [-0.05, 0) is 50.6 Å². The Morgan fingerprint density at radius 2 is 1.70 bits per heavy atom. The fourth-order valence-corrected chi connectivity index (χ4v) is 2.07. The summed E-state index contributed by atoms with van der Waals surface area (Å²) in [5.41, 5.74) is 3.19. The van der Waals surface area contributed by atoms with Crippen molar-refractivity contribution in [3.8, 4) is 5.75 Å². The van der Waals surface area contributed by atoms with E-state index in [1.807, 2.05) is 69.3 Å². The van der Waals surface area contributed by atoms with Gasteiger partial charge in [0.25, 0.3) is 0 Å². The molecule has 2 N–H and O–H groups in total. The summed E-state index contributed by atoms with van der Waals surface area (Å²) in [5, 5.41) is 6.01. The Bertz CT molecular complexity index is 619. The van der Waals surface area contributed by atoms with Crippen LogP contribution >= 0.6 is 0 Å². The number of hydrogen-bond donors (Lipinski definition) is 2. The first-order chi connectivity index (χ1) is 11.0. The molecule has 1 amide bonds. The fourth-order valence-electron chi connectivity index (χ4n) is 2.07. The molecule has 0 aromatic heterocycles. The van der Waals surface area contributed by atoms with E-state index >= 15 is 0 Å². The van der Waals surface area contributed by atoms with Crippen LogP contribution in [0.5, 0.6) is 5.75 Å². The molecule has 0 bridgehead atoms. The highest BCUT2D eigenvalue weighted by molar-refractivity contribution is 5.80. The van der Waals surface area contributed by atoms with Gasteiger partial charge in [0.15, 0.2) is 0 Å². The lowest BCUT2D eigenvalue weighted by atomic mass is 10.2. The second-order valence-electron chi connectivity index (χ2n) is 5.81.